The number of halogens is 1. The van der Waals surface area contributed by atoms with Crippen LogP contribution in [-0.2, 0) is 20.9 Å². The molecule has 2 heterocycles. The highest BCUT2D eigenvalue weighted by Crippen LogP contribution is 2.22. The molecule has 0 aromatic heterocycles. The van der Waals surface area contributed by atoms with Gasteiger partial charge in [-0.05, 0) is 25.5 Å². The lowest BCUT2D eigenvalue weighted by Crippen LogP contribution is -2.48. The summed E-state index contributed by atoms with van der Waals surface area (Å²) in [5.41, 5.74) is 2.49. The van der Waals surface area contributed by atoms with Crippen LogP contribution in [0.5, 0.6) is 0 Å². The third kappa shape index (κ3) is 5.67. The van der Waals surface area contributed by atoms with Gasteiger partial charge in [-0.15, -0.1) is 12.4 Å². The van der Waals surface area contributed by atoms with Crippen LogP contribution in [0.1, 0.15) is 31.2 Å². The number of ether oxygens (including phenoxy) is 1. The van der Waals surface area contributed by atoms with Gasteiger partial charge in [0.2, 0.25) is 11.8 Å². The average molecular weight is 396 g/mol. The van der Waals surface area contributed by atoms with Gasteiger partial charge in [-0.3, -0.25) is 19.4 Å². The Morgan fingerprint density at radius 2 is 1.63 bits per heavy atom. The van der Waals surface area contributed by atoms with Crippen LogP contribution in [0.3, 0.4) is 0 Å². The lowest BCUT2D eigenvalue weighted by atomic mass is 10.1. The fourth-order valence-corrected chi connectivity index (χ4v) is 3.81. The largest absolute Gasteiger partial charge is 0.380 e. The molecule has 2 saturated heterocycles. The highest BCUT2D eigenvalue weighted by molar-refractivity contribution is 5.97. The maximum Gasteiger partial charge on any atom is 0.229 e. The number of methoxy groups -OCH3 is 1. The number of imide groups is 1. The number of rotatable bonds is 7. The van der Waals surface area contributed by atoms with Crippen LogP contribution < -0.4 is 4.90 Å². The van der Waals surface area contributed by atoms with E-state index in [2.05, 4.69) is 34.1 Å². The van der Waals surface area contributed by atoms with Crippen LogP contribution in [0.4, 0.5) is 5.69 Å². The van der Waals surface area contributed by atoms with Gasteiger partial charge in [0.15, 0.2) is 0 Å². The molecule has 1 aromatic carbocycles. The first-order valence-electron chi connectivity index (χ1n) is 9.56. The van der Waals surface area contributed by atoms with E-state index in [0.717, 1.165) is 39.1 Å². The van der Waals surface area contributed by atoms with Gasteiger partial charge in [0.05, 0.1) is 6.61 Å². The summed E-state index contributed by atoms with van der Waals surface area (Å²) >= 11 is 0. The van der Waals surface area contributed by atoms with Crippen LogP contribution in [0.15, 0.2) is 24.3 Å². The zero-order valence-corrected chi connectivity index (χ0v) is 16.9. The van der Waals surface area contributed by atoms with Crippen molar-refractivity contribution < 1.29 is 14.3 Å². The second kappa shape index (κ2) is 10.6. The number of nitrogens with zero attached hydrogens (tertiary/aromatic N) is 3. The lowest BCUT2D eigenvalue weighted by Gasteiger charge is -2.37. The van der Waals surface area contributed by atoms with Crippen molar-refractivity contribution in [2.75, 3.05) is 51.3 Å². The third-order valence-corrected chi connectivity index (χ3v) is 5.24. The molecule has 3 rings (SSSR count). The van der Waals surface area contributed by atoms with Gasteiger partial charge in [-0.2, -0.15) is 0 Å². The van der Waals surface area contributed by atoms with E-state index in [-0.39, 0.29) is 24.2 Å². The summed E-state index contributed by atoms with van der Waals surface area (Å²) in [5, 5.41) is 0. The molecule has 0 saturated carbocycles. The summed E-state index contributed by atoms with van der Waals surface area (Å²) in [6.45, 7) is 6.12. The third-order valence-electron chi connectivity index (χ3n) is 5.24. The van der Waals surface area contributed by atoms with Gasteiger partial charge in [0.25, 0.3) is 0 Å². The van der Waals surface area contributed by atoms with E-state index in [1.165, 1.54) is 16.2 Å². The summed E-state index contributed by atoms with van der Waals surface area (Å²) in [5.74, 6) is 0.00152. The summed E-state index contributed by atoms with van der Waals surface area (Å²) in [4.78, 5) is 30.0. The van der Waals surface area contributed by atoms with E-state index in [0.29, 0.717) is 32.4 Å². The van der Waals surface area contributed by atoms with Crippen molar-refractivity contribution >= 4 is 29.9 Å². The minimum Gasteiger partial charge on any atom is -0.380 e. The van der Waals surface area contributed by atoms with Gasteiger partial charge in [0, 0.05) is 63.9 Å². The fraction of sp³-hybridized carbons (Fsp3) is 0.600. The molecule has 0 N–H and O–H groups in total. The molecule has 0 unspecified atom stereocenters. The quantitative estimate of drug-likeness (QED) is 0.663. The zero-order chi connectivity index (χ0) is 18.4. The van der Waals surface area contributed by atoms with E-state index in [1.807, 2.05) is 0 Å². The summed E-state index contributed by atoms with van der Waals surface area (Å²) < 4.78 is 5.31. The van der Waals surface area contributed by atoms with Crippen molar-refractivity contribution in [2.45, 2.75) is 32.3 Å². The first-order chi connectivity index (χ1) is 12.7. The van der Waals surface area contributed by atoms with Gasteiger partial charge >= 0.3 is 0 Å². The predicted molar refractivity (Wildman–Crippen MR) is 108 cm³/mol. The molecule has 1 aromatic rings. The Kier molecular flexibility index (Phi) is 8.54. The van der Waals surface area contributed by atoms with Crippen molar-refractivity contribution in [1.82, 2.24) is 9.80 Å². The number of benzene rings is 1. The number of amides is 2. The zero-order valence-electron chi connectivity index (χ0n) is 16.1. The number of piperidine rings is 1. The van der Waals surface area contributed by atoms with Gasteiger partial charge in [-0.25, -0.2) is 0 Å². The molecule has 0 radical (unpaired) electrons. The van der Waals surface area contributed by atoms with Gasteiger partial charge in [0.1, 0.15) is 0 Å². The first-order valence-corrected chi connectivity index (χ1v) is 9.56. The highest BCUT2D eigenvalue weighted by atomic mass is 35.5. The van der Waals surface area contributed by atoms with E-state index >= 15 is 0 Å². The van der Waals surface area contributed by atoms with Crippen LogP contribution >= 0.6 is 12.4 Å². The van der Waals surface area contributed by atoms with Crippen molar-refractivity contribution in [1.29, 1.82) is 0 Å². The highest BCUT2D eigenvalue weighted by Gasteiger charge is 2.25. The molecular formula is C20H30ClN3O3. The van der Waals surface area contributed by atoms with Crippen molar-refractivity contribution in [3.8, 4) is 0 Å². The van der Waals surface area contributed by atoms with Crippen LogP contribution in [0.25, 0.3) is 0 Å². The second-order valence-electron chi connectivity index (χ2n) is 7.04. The lowest BCUT2D eigenvalue weighted by molar-refractivity contribution is -0.148. The standard InChI is InChI=1S/C20H29N3O3.ClH/c1-26-16-17-6-2-3-7-18(17)22-14-12-21(13-15-22)10-5-11-23-19(24)8-4-9-20(23)25;/h2-3,6-7H,4-5,8-16H2,1H3;1H. The SMILES string of the molecule is COCc1ccccc1N1CCN(CCCN2C(=O)CCCC2=O)CC1.Cl. The maximum atomic E-state index is 11.8. The van der Waals surface area contributed by atoms with E-state index in [1.54, 1.807) is 7.11 Å². The predicted octanol–water partition coefficient (Wildman–Crippen LogP) is 2.31. The van der Waals surface area contributed by atoms with E-state index < -0.39 is 0 Å². The molecular weight excluding hydrogens is 366 g/mol. The number of hydrogen-bond donors (Lipinski definition) is 0. The molecule has 27 heavy (non-hydrogen) atoms. The second-order valence-corrected chi connectivity index (χ2v) is 7.04. The normalized spacial score (nSPS) is 18.6. The van der Waals surface area contributed by atoms with Crippen LogP contribution in [0.2, 0.25) is 0 Å². The van der Waals surface area contributed by atoms with Crippen molar-refractivity contribution in [3.05, 3.63) is 29.8 Å². The van der Waals surface area contributed by atoms with Crippen molar-refractivity contribution in [2.24, 2.45) is 0 Å². The Balaban J connectivity index is 0.00000261. The topological polar surface area (TPSA) is 53.1 Å². The molecule has 150 valence electrons. The van der Waals surface area contributed by atoms with E-state index in [4.69, 9.17) is 4.74 Å². The Hall–Kier alpha value is -1.63. The van der Waals surface area contributed by atoms with Crippen LogP contribution in [-0.4, -0.2) is 68.0 Å². The molecule has 2 fully saturated rings. The molecule has 0 atom stereocenters. The Morgan fingerprint density at radius 3 is 2.30 bits per heavy atom. The summed E-state index contributed by atoms with van der Waals surface area (Å²) in [6, 6.07) is 8.42. The number of anilines is 1. The molecule has 2 aliphatic rings. The minimum absolute atomic E-state index is 0. The monoisotopic (exact) mass is 395 g/mol. The number of piperazine rings is 1. The van der Waals surface area contributed by atoms with Gasteiger partial charge < -0.3 is 9.64 Å². The molecule has 2 aliphatic heterocycles. The number of hydrogen-bond acceptors (Lipinski definition) is 5. The van der Waals surface area contributed by atoms with Gasteiger partial charge in [-0.1, -0.05) is 18.2 Å². The molecule has 0 aliphatic carbocycles. The Labute approximate surface area is 167 Å². The van der Waals surface area contributed by atoms with Crippen molar-refractivity contribution in [3.63, 3.8) is 0 Å². The molecule has 6 nitrogen and oxygen atoms in total. The first kappa shape index (κ1) is 21.7. The Morgan fingerprint density at radius 1 is 0.963 bits per heavy atom. The number of carbonyl (C=O) groups is 2. The molecule has 2 amide bonds. The summed E-state index contributed by atoms with van der Waals surface area (Å²) in [7, 11) is 1.73. The number of carbonyl (C=O) groups excluding carboxylic acids is 2. The van der Waals surface area contributed by atoms with E-state index in [9.17, 15) is 9.59 Å². The smallest absolute Gasteiger partial charge is 0.229 e. The molecule has 0 bridgehead atoms. The average Bonchev–Trinajstić information content (AvgIpc) is 2.65. The number of likely N-dealkylation sites (tertiary alicyclic amines) is 1. The summed E-state index contributed by atoms with van der Waals surface area (Å²) in [6.07, 6.45) is 2.61. The molecule has 7 heteroatoms. The molecule has 0 spiro atoms. The minimum atomic E-state index is 0. The maximum absolute atomic E-state index is 11.8. The Bertz CT molecular complexity index is 617. The number of para-hydroxylation sites is 1. The fourth-order valence-electron chi connectivity index (χ4n) is 3.81. The van der Waals surface area contributed by atoms with Crippen LogP contribution in [0, 0.1) is 0 Å².